The molecule has 0 aromatic carbocycles. The van der Waals surface area contributed by atoms with Crippen molar-refractivity contribution >= 4 is 11.2 Å². The molecule has 0 radical (unpaired) electrons. The van der Waals surface area contributed by atoms with E-state index in [0.717, 1.165) is 0 Å². The summed E-state index contributed by atoms with van der Waals surface area (Å²) in [5.74, 6) is 0.0593. The van der Waals surface area contributed by atoms with Crippen molar-refractivity contribution in [2.24, 2.45) is 0 Å². The molecule has 0 saturated heterocycles. The lowest BCUT2D eigenvalue weighted by molar-refractivity contribution is 0.380. The third kappa shape index (κ3) is 2.30. The molecule has 0 aliphatic carbocycles. The molecule has 2 heterocycles. The summed E-state index contributed by atoms with van der Waals surface area (Å²) < 4.78 is 6.65. The second kappa shape index (κ2) is 4.95. The molecule has 0 atom stereocenters. The number of rotatable bonds is 3. The van der Waals surface area contributed by atoms with Gasteiger partial charge in [-0.2, -0.15) is 4.98 Å². The van der Waals surface area contributed by atoms with Gasteiger partial charge in [0.1, 0.15) is 11.2 Å². The summed E-state index contributed by atoms with van der Waals surface area (Å²) in [6.07, 6.45) is 1.59. The highest BCUT2D eigenvalue weighted by Crippen LogP contribution is 2.17. The van der Waals surface area contributed by atoms with E-state index in [9.17, 15) is 4.79 Å². The summed E-state index contributed by atoms with van der Waals surface area (Å²) in [6.45, 7) is 7.79. The summed E-state index contributed by atoms with van der Waals surface area (Å²) in [7, 11) is 1.49. The molecule has 0 aliphatic heterocycles. The molecule has 0 unspecified atom stereocenters. The molecule has 0 bridgehead atoms. The summed E-state index contributed by atoms with van der Waals surface area (Å²) >= 11 is 0. The summed E-state index contributed by atoms with van der Waals surface area (Å²) in [5.41, 5.74) is 1.56. The predicted molar refractivity (Wildman–Crippen MR) is 72.6 cm³/mol. The van der Waals surface area contributed by atoms with Crippen LogP contribution in [0.4, 0.5) is 0 Å². The van der Waals surface area contributed by atoms with Gasteiger partial charge in [-0.1, -0.05) is 13.8 Å². The quantitative estimate of drug-likeness (QED) is 0.845. The van der Waals surface area contributed by atoms with Crippen LogP contribution in [0, 0.1) is 0 Å². The maximum Gasteiger partial charge on any atom is 0.318 e. The lowest BCUT2D eigenvalue weighted by Crippen LogP contribution is -2.28. The summed E-state index contributed by atoms with van der Waals surface area (Å²) in [6, 6.07) is 0.232. The number of ether oxygens (including phenoxy) is 1. The minimum atomic E-state index is -0.0988. The first kappa shape index (κ1) is 13.5. The zero-order valence-electron chi connectivity index (χ0n) is 11.8. The number of nitrogens with zero attached hydrogens (tertiary/aromatic N) is 4. The molecule has 0 fully saturated rings. The first-order valence-electron chi connectivity index (χ1n) is 6.28. The molecule has 6 nitrogen and oxygen atoms in total. The van der Waals surface area contributed by atoms with Gasteiger partial charge in [-0.15, -0.1) is 0 Å². The van der Waals surface area contributed by atoms with Crippen molar-refractivity contribution in [3.05, 3.63) is 22.2 Å². The van der Waals surface area contributed by atoms with Crippen LogP contribution >= 0.6 is 0 Å². The average molecular weight is 262 g/mol. The Balaban J connectivity index is 2.88. The van der Waals surface area contributed by atoms with Gasteiger partial charge >= 0.3 is 6.01 Å². The van der Waals surface area contributed by atoms with Gasteiger partial charge in [0.2, 0.25) is 0 Å². The zero-order valence-corrected chi connectivity index (χ0v) is 11.8. The molecule has 0 N–H and O–H groups in total. The predicted octanol–water partition coefficient (Wildman–Crippen LogP) is 1.90. The summed E-state index contributed by atoms with van der Waals surface area (Å²) in [5, 5.41) is 0. The highest BCUT2D eigenvalue weighted by Gasteiger charge is 2.17. The van der Waals surface area contributed by atoms with E-state index in [1.54, 1.807) is 10.8 Å². The lowest BCUT2D eigenvalue weighted by Gasteiger charge is -2.15. The van der Waals surface area contributed by atoms with Gasteiger partial charge in [0.15, 0.2) is 5.65 Å². The maximum absolute atomic E-state index is 12.5. The average Bonchev–Trinajstić information content (AvgIpc) is 2.36. The second-order valence-electron chi connectivity index (χ2n) is 4.99. The minimum Gasteiger partial charge on any atom is -0.467 e. The molecule has 2 aromatic heterocycles. The molecular formula is C13H18N4O2. The molecule has 0 amide bonds. The Hall–Kier alpha value is -1.98. The largest absolute Gasteiger partial charge is 0.467 e. The molecule has 102 valence electrons. The molecule has 19 heavy (non-hydrogen) atoms. The Bertz CT molecular complexity index is 661. The van der Waals surface area contributed by atoms with E-state index in [0.29, 0.717) is 16.9 Å². The Morgan fingerprint density at radius 1 is 1.21 bits per heavy atom. The molecule has 2 rings (SSSR count). The normalized spacial score (nSPS) is 11.5. The summed E-state index contributed by atoms with van der Waals surface area (Å²) in [4.78, 5) is 25.1. The first-order chi connectivity index (χ1) is 8.95. The van der Waals surface area contributed by atoms with Crippen molar-refractivity contribution in [2.45, 2.75) is 39.7 Å². The van der Waals surface area contributed by atoms with Gasteiger partial charge in [0, 0.05) is 12.0 Å². The van der Waals surface area contributed by atoms with Crippen LogP contribution in [0.3, 0.4) is 0 Å². The van der Waals surface area contributed by atoms with Gasteiger partial charge in [-0.05, 0) is 13.8 Å². The van der Waals surface area contributed by atoms with Crippen LogP contribution in [0.25, 0.3) is 11.2 Å². The van der Waals surface area contributed by atoms with Gasteiger partial charge in [-0.25, -0.2) is 9.97 Å². The van der Waals surface area contributed by atoms with Crippen molar-refractivity contribution in [3.8, 4) is 6.01 Å². The highest BCUT2D eigenvalue weighted by atomic mass is 16.5. The molecule has 6 heteroatoms. The minimum absolute atomic E-state index is 0.00453. The number of fused-ring (bicyclic) bond motifs is 1. The molecule has 2 aromatic rings. The number of methoxy groups -OCH3 is 1. The van der Waals surface area contributed by atoms with Crippen LogP contribution < -0.4 is 10.3 Å². The van der Waals surface area contributed by atoms with Crippen molar-refractivity contribution in [1.29, 1.82) is 0 Å². The molecule has 0 spiro atoms. The smallest absolute Gasteiger partial charge is 0.318 e. The first-order valence-corrected chi connectivity index (χ1v) is 6.28. The van der Waals surface area contributed by atoms with E-state index < -0.39 is 0 Å². The van der Waals surface area contributed by atoms with Crippen molar-refractivity contribution < 1.29 is 4.74 Å². The number of hydrogen-bond acceptors (Lipinski definition) is 5. The van der Waals surface area contributed by atoms with Crippen LogP contribution in [-0.4, -0.2) is 26.6 Å². The Morgan fingerprint density at radius 2 is 1.89 bits per heavy atom. The maximum atomic E-state index is 12.5. The Kier molecular flexibility index (Phi) is 3.50. The number of hydrogen-bond donors (Lipinski definition) is 0. The van der Waals surface area contributed by atoms with E-state index in [2.05, 4.69) is 15.0 Å². The van der Waals surface area contributed by atoms with Gasteiger partial charge in [0.25, 0.3) is 5.56 Å². The van der Waals surface area contributed by atoms with Crippen LogP contribution in [0.1, 0.15) is 45.3 Å². The van der Waals surface area contributed by atoms with Gasteiger partial charge < -0.3 is 4.74 Å². The standard InChI is InChI=1S/C13H18N4O2/c1-7(2)10-12(18)17(8(3)4)11-9(15-10)6-14-13(16-11)19-5/h6-8H,1-5H3. The lowest BCUT2D eigenvalue weighted by atomic mass is 10.1. The van der Waals surface area contributed by atoms with Gasteiger partial charge in [-0.3, -0.25) is 9.36 Å². The second-order valence-corrected chi connectivity index (χ2v) is 4.99. The number of aromatic nitrogens is 4. The zero-order chi connectivity index (χ0) is 14.2. The third-order valence-corrected chi connectivity index (χ3v) is 2.88. The third-order valence-electron chi connectivity index (χ3n) is 2.88. The van der Waals surface area contributed by atoms with E-state index >= 15 is 0 Å². The SMILES string of the molecule is COc1ncc2nc(C(C)C)c(=O)n(C(C)C)c2n1. The Morgan fingerprint density at radius 3 is 2.42 bits per heavy atom. The monoisotopic (exact) mass is 262 g/mol. The topological polar surface area (TPSA) is 69.9 Å². The van der Waals surface area contributed by atoms with E-state index in [1.807, 2.05) is 27.7 Å². The molecule has 0 saturated carbocycles. The fraction of sp³-hybridized carbons (Fsp3) is 0.538. The van der Waals surface area contributed by atoms with Gasteiger partial charge in [0.05, 0.1) is 13.3 Å². The Labute approximate surface area is 111 Å². The van der Waals surface area contributed by atoms with Crippen molar-refractivity contribution in [2.75, 3.05) is 7.11 Å². The molecular weight excluding hydrogens is 244 g/mol. The fourth-order valence-corrected chi connectivity index (χ4v) is 1.96. The van der Waals surface area contributed by atoms with E-state index in [1.165, 1.54) is 7.11 Å². The van der Waals surface area contributed by atoms with Crippen LogP contribution in [0.15, 0.2) is 11.0 Å². The fourth-order valence-electron chi connectivity index (χ4n) is 1.96. The van der Waals surface area contributed by atoms with E-state index in [4.69, 9.17) is 4.74 Å². The van der Waals surface area contributed by atoms with Crippen LogP contribution in [0.5, 0.6) is 6.01 Å². The van der Waals surface area contributed by atoms with E-state index in [-0.39, 0.29) is 23.5 Å². The highest BCUT2D eigenvalue weighted by molar-refractivity contribution is 5.69. The molecule has 0 aliphatic rings. The van der Waals surface area contributed by atoms with Crippen molar-refractivity contribution in [3.63, 3.8) is 0 Å². The van der Waals surface area contributed by atoms with Crippen molar-refractivity contribution in [1.82, 2.24) is 19.5 Å². The van der Waals surface area contributed by atoms with Crippen LogP contribution in [-0.2, 0) is 0 Å². The van der Waals surface area contributed by atoms with Crippen LogP contribution in [0.2, 0.25) is 0 Å².